The zero-order chi connectivity index (χ0) is 15.3. The molecule has 1 aliphatic rings. The summed E-state index contributed by atoms with van der Waals surface area (Å²) in [6.07, 6.45) is 3.14. The summed E-state index contributed by atoms with van der Waals surface area (Å²) in [7, 11) is 0. The summed E-state index contributed by atoms with van der Waals surface area (Å²) in [6.45, 7) is 6.40. The average molecular weight is 288 g/mol. The molecule has 0 aromatic heterocycles. The number of nitriles is 1. The molecule has 4 heteroatoms. The van der Waals surface area contributed by atoms with Gasteiger partial charge in [-0.1, -0.05) is 6.07 Å². The van der Waals surface area contributed by atoms with Gasteiger partial charge in [-0.05, 0) is 57.9 Å². The highest BCUT2D eigenvalue weighted by Gasteiger charge is 2.35. The van der Waals surface area contributed by atoms with E-state index in [2.05, 4.69) is 11.0 Å². The molecule has 1 heterocycles. The van der Waals surface area contributed by atoms with Gasteiger partial charge in [0.15, 0.2) is 0 Å². The first kappa shape index (κ1) is 15.8. The Labute approximate surface area is 127 Å². The van der Waals surface area contributed by atoms with Crippen molar-refractivity contribution in [2.75, 3.05) is 19.7 Å². The summed E-state index contributed by atoms with van der Waals surface area (Å²) in [5, 5.41) is 19.0. The third-order valence-electron chi connectivity index (χ3n) is 4.00. The van der Waals surface area contributed by atoms with Crippen molar-refractivity contribution < 1.29 is 9.84 Å². The van der Waals surface area contributed by atoms with E-state index in [1.165, 1.54) is 0 Å². The van der Waals surface area contributed by atoms with E-state index < -0.39 is 5.60 Å². The van der Waals surface area contributed by atoms with Crippen LogP contribution in [0.2, 0.25) is 0 Å². The van der Waals surface area contributed by atoms with Crippen molar-refractivity contribution in [3.05, 3.63) is 29.8 Å². The quantitative estimate of drug-likeness (QED) is 0.817. The summed E-state index contributed by atoms with van der Waals surface area (Å²) in [4.78, 5) is 2.36. The lowest BCUT2D eigenvalue weighted by molar-refractivity contribution is -0.00350. The maximum absolute atomic E-state index is 10.2. The monoisotopic (exact) mass is 288 g/mol. The minimum Gasteiger partial charge on any atom is -0.494 e. The second kappa shape index (κ2) is 6.93. The first-order valence-electron chi connectivity index (χ1n) is 7.60. The lowest BCUT2D eigenvalue weighted by Crippen LogP contribution is -2.46. The Morgan fingerprint density at radius 2 is 2.29 bits per heavy atom. The van der Waals surface area contributed by atoms with Gasteiger partial charge in [-0.15, -0.1) is 0 Å². The molecule has 21 heavy (non-hydrogen) atoms. The van der Waals surface area contributed by atoms with Crippen LogP contribution in [0.15, 0.2) is 24.3 Å². The molecule has 1 saturated heterocycles. The van der Waals surface area contributed by atoms with Gasteiger partial charge in [0.25, 0.3) is 0 Å². The molecular weight excluding hydrogens is 264 g/mol. The molecule has 0 amide bonds. The van der Waals surface area contributed by atoms with Gasteiger partial charge >= 0.3 is 0 Å². The summed E-state index contributed by atoms with van der Waals surface area (Å²) < 4.78 is 5.69. The Hall–Kier alpha value is -1.57. The average Bonchev–Trinajstić information content (AvgIpc) is 2.92. The third-order valence-corrected chi connectivity index (χ3v) is 4.00. The zero-order valence-corrected chi connectivity index (χ0v) is 12.9. The maximum Gasteiger partial charge on any atom is 0.120 e. The van der Waals surface area contributed by atoms with E-state index in [1.807, 2.05) is 26.0 Å². The molecule has 114 valence electrons. The first-order valence-corrected chi connectivity index (χ1v) is 7.60. The van der Waals surface area contributed by atoms with Crippen molar-refractivity contribution in [3.8, 4) is 11.8 Å². The highest BCUT2D eigenvalue weighted by Crippen LogP contribution is 2.26. The molecular formula is C17H24N2O2. The normalized spacial score (nSPS) is 19.4. The summed E-state index contributed by atoms with van der Waals surface area (Å²) in [5.74, 6) is 0.745. The number of benzene rings is 1. The van der Waals surface area contributed by atoms with Gasteiger partial charge in [0.1, 0.15) is 5.75 Å². The molecule has 1 aromatic rings. The molecule has 2 rings (SSSR count). The summed E-state index contributed by atoms with van der Waals surface area (Å²) in [5.41, 5.74) is -0.0208. The van der Waals surface area contributed by atoms with Crippen LogP contribution in [-0.2, 0) is 0 Å². The van der Waals surface area contributed by atoms with E-state index in [0.29, 0.717) is 12.2 Å². The molecule has 1 atom stereocenters. The molecule has 1 unspecified atom stereocenters. The largest absolute Gasteiger partial charge is 0.494 e. The number of hydrogen-bond donors (Lipinski definition) is 1. The van der Waals surface area contributed by atoms with Gasteiger partial charge in [-0.3, -0.25) is 4.90 Å². The van der Waals surface area contributed by atoms with Crippen molar-refractivity contribution in [1.82, 2.24) is 4.90 Å². The van der Waals surface area contributed by atoms with Gasteiger partial charge in [-0.25, -0.2) is 0 Å². The Morgan fingerprint density at radius 1 is 1.48 bits per heavy atom. The fourth-order valence-electron chi connectivity index (χ4n) is 3.01. The molecule has 0 spiro atoms. The summed E-state index contributed by atoms with van der Waals surface area (Å²) >= 11 is 0. The van der Waals surface area contributed by atoms with Crippen LogP contribution < -0.4 is 4.74 Å². The second-order valence-electron chi connectivity index (χ2n) is 6.19. The smallest absolute Gasteiger partial charge is 0.120 e. The molecule has 0 aliphatic carbocycles. The SMILES string of the molecule is CC(C)(O)C1CCCN1CCCOc1cccc(C#N)c1. The molecule has 0 bridgehead atoms. The molecule has 1 N–H and O–H groups in total. The van der Waals surface area contributed by atoms with Crippen LogP contribution in [0.1, 0.15) is 38.7 Å². The van der Waals surface area contributed by atoms with Crippen molar-refractivity contribution in [3.63, 3.8) is 0 Å². The van der Waals surface area contributed by atoms with E-state index in [9.17, 15) is 5.11 Å². The second-order valence-corrected chi connectivity index (χ2v) is 6.19. The van der Waals surface area contributed by atoms with Gasteiger partial charge in [0.05, 0.1) is 23.8 Å². The lowest BCUT2D eigenvalue weighted by Gasteiger charge is -2.33. The predicted octanol–water partition coefficient (Wildman–Crippen LogP) is 2.56. The molecule has 0 radical (unpaired) electrons. The van der Waals surface area contributed by atoms with Crippen molar-refractivity contribution in [2.24, 2.45) is 0 Å². The Morgan fingerprint density at radius 3 is 3.00 bits per heavy atom. The Balaban J connectivity index is 1.76. The van der Waals surface area contributed by atoms with Gasteiger partial charge < -0.3 is 9.84 Å². The lowest BCUT2D eigenvalue weighted by atomic mass is 9.96. The third kappa shape index (κ3) is 4.45. The number of hydrogen-bond acceptors (Lipinski definition) is 4. The fourth-order valence-corrected chi connectivity index (χ4v) is 3.01. The highest BCUT2D eigenvalue weighted by molar-refractivity contribution is 5.36. The van der Waals surface area contributed by atoms with E-state index in [4.69, 9.17) is 10.00 Å². The van der Waals surface area contributed by atoms with E-state index in [1.54, 1.807) is 12.1 Å². The topological polar surface area (TPSA) is 56.5 Å². The molecule has 1 aliphatic heterocycles. The minimum absolute atomic E-state index is 0.249. The summed E-state index contributed by atoms with van der Waals surface area (Å²) in [6, 6.07) is 9.59. The van der Waals surface area contributed by atoms with Gasteiger partial charge in [0, 0.05) is 12.6 Å². The van der Waals surface area contributed by atoms with Gasteiger partial charge in [-0.2, -0.15) is 5.26 Å². The number of ether oxygens (including phenoxy) is 1. The van der Waals surface area contributed by atoms with Crippen LogP contribution >= 0.6 is 0 Å². The minimum atomic E-state index is -0.640. The van der Waals surface area contributed by atoms with Crippen LogP contribution in [0.5, 0.6) is 5.75 Å². The van der Waals surface area contributed by atoms with Gasteiger partial charge in [0.2, 0.25) is 0 Å². The van der Waals surface area contributed by atoms with Crippen molar-refractivity contribution in [2.45, 2.75) is 44.8 Å². The number of likely N-dealkylation sites (tertiary alicyclic amines) is 1. The Bertz CT molecular complexity index is 502. The predicted molar refractivity (Wildman–Crippen MR) is 82.2 cm³/mol. The molecule has 4 nitrogen and oxygen atoms in total. The molecule has 1 aromatic carbocycles. The van der Waals surface area contributed by atoms with Crippen LogP contribution in [0, 0.1) is 11.3 Å². The van der Waals surface area contributed by atoms with Crippen LogP contribution in [0.25, 0.3) is 0 Å². The maximum atomic E-state index is 10.2. The highest BCUT2D eigenvalue weighted by atomic mass is 16.5. The molecule has 0 saturated carbocycles. The van der Waals surface area contributed by atoms with E-state index >= 15 is 0 Å². The first-order chi connectivity index (χ1) is 10.0. The van der Waals surface area contributed by atoms with E-state index in [0.717, 1.165) is 38.1 Å². The van der Waals surface area contributed by atoms with E-state index in [-0.39, 0.29) is 6.04 Å². The van der Waals surface area contributed by atoms with Crippen molar-refractivity contribution >= 4 is 0 Å². The standard InChI is InChI=1S/C17H24N2O2/c1-17(2,20)16-8-4-9-19(16)10-5-11-21-15-7-3-6-14(12-15)13-18/h3,6-7,12,16,20H,4-5,8-11H2,1-2H3. The number of nitrogens with zero attached hydrogens (tertiary/aromatic N) is 2. The van der Waals surface area contributed by atoms with Crippen LogP contribution in [0.4, 0.5) is 0 Å². The Kier molecular flexibility index (Phi) is 5.22. The fraction of sp³-hybridized carbons (Fsp3) is 0.588. The van der Waals surface area contributed by atoms with Crippen LogP contribution in [-0.4, -0.2) is 41.3 Å². The number of aliphatic hydroxyl groups is 1. The van der Waals surface area contributed by atoms with Crippen LogP contribution in [0.3, 0.4) is 0 Å². The number of rotatable bonds is 6. The van der Waals surface area contributed by atoms with Crippen molar-refractivity contribution in [1.29, 1.82) is 5.26 Å². The molecule has 1 fully saturated rings. The zero-order valence-electron chi connectivity index (χ0n) is 12.9.